The van der Waals surface area contributed by atoms with Crippen molar-refractivity contribution < 1.29 is 24.3 Å². The van der Waals surface area contributed by atoms with Crippen molar-refractivity contribution in [2.24, 2.45) is 34.5 Å². The number of hydrogen-bond acceptors (Lipinski definition) is 7. The van der Waals surface area contributed by atoms with E-state index in [0.29, 0.717) is 25.9 Å². The van der Waals surface area contributed by atoms with E-state index in [1.165, 1.54) is 12.7 Å². The number of nitrogens with zero attached hydrogens (tertiary/aromatic N) is 1. The van der Waals surface area contributed by atoms with E-state index in [2.05, 4.69) is 36.7 Å². The van der Waals surface area contributed by atoms with Crippen LogP contribution in [0, 0.1) is 34.5 Å². The third kappa shape index (κ3) is 2.84. The van der Waals surface area contributed by atoms with E-state index in [1.807, 2.05) is 11.1 Å². The lowest BCUT2D eigenvalue weighted by Crippen LogP contribution is -2.62. The number of esters is 1. The smallest absolute Gasteiger partial charge is 0.341 e. The first-order valence-electron chi connectivity index (χ1n) is 12.4. The molecular formula is C27H33NO5S. The van der Waals surface area contributed by atoms with Crippen molar-refractivity contribution in [1.29, 1.82) is 0 Å². The van der Waals surface area contributed by atoms with Gasteiger partial charge in [0.15, 0.2) is 11.4 Å². The fourth-order valence-corrected chi connectivity index (χ4v) is 9.18. The Kier molecular flexibility index (Phi) is 5.06. The van der Waals surface area contributed by atoms with Gasteiger partial charge in [-0.25, -0.2) is 4.79 Å². The van der Waals surface area contributed by atoms with E-state index >= 15 is 0 Å². The summed E-state index contributed by atoms with van der Waals surface area (Å²) in [6.07, 6.45) is 8.01. The number of fused-ring (bicyclic) bond motifs is 7. The standard InChI is InChI=1S/C27H33NO5S/c1-25-8-6-19(29)10-17(25)4-5-20-21-11-18-14-28(13-16-7-9-34-15-16)33-27(18,24(31)32-3)26(21,2)12-22(30)23(20)25/h4,6-9,15,18,20-23,30H,5,10-14H2,1-3H3/t18-,20-,21-,22-,23+,25-,26-,27-/m0/s1. The number of thiophene rings is 1. The third-order valence-electron chi connectivity index (χ3n) is 9.93. The Morgan fingerprint density at radius 2 is 2.21 bits per heavy atom. The van der Waals surface area contributed by atoms with Crippen molar-refractivity contribution in [3.05, 3.63) is 46.2 Å². The molecule has 34 heavy (non-hydrogen) atoms. The maximum Gasteiger partial charge on any atom is 0.341 e. The second-order valence-electron chi connectivity index (χ2n) is 11.4. The number of ether oxygens (including phenoxy) is 1. The van der Waals surface area contributed by atoms with Crippen molar-refractivity contribution in [3.63, 3.8) is 0 Å². The van der Waals surface area contributed by atoms with Crippen LogP contribution in [-0.2, 0) is 25.7 Å². The molecule has 1 N–H and O–H groups in total. The summed E-state index contributed by atoms with van der Waals surface area (Å²) in [6.45, 7) is 5.63. The molecule has 2 heterocycles. The fraction of sp³-hybridized carbons (Fsp3) is 0.630. The average Bonchev–Trinajstić information content (AvgIpc) is 3.49. The van der Waals surface area contributed by atoms with Crippen molar-refractivity contribution in [2.45, 2.75) is 57.8 Å². The minimum Gasteiger partial charge on any atom is -0.467 e. The zero-order valence-electron chi connectivity index (χ0n) is 20.0. The lowest BCUT2D eigenvalue weighted by Gasteiger charge is -2.59. The van der Waals surface area contributed by atoms with E-state index in [4.69, 9.17) is 9.57 Å². The van der Waals surface area contributed by atoms with E-state index in [-0.39, 0.29) is 40.8 Å². The zero-order chi connectivity index (χ0) is 23.9. The molecule has 1 aromatic heterocycles. The number of methoxy groups -OCH3 is 1. The highest BCUT2D eigenvalue weighted by molar-refractivity contribution is 7.07. The number of hydrogen-bond donors (Lipinski definition) is 1. The first-order valence-corrected chi connectivity index (χ1v) is 13.3. The normalized spacial score (nSPS) is 45.2. The second kappa shape index (κ2) is 7.60. The maximum atomic E-state index is 13.5. The van der Waals surface area contributed by atoms with Crippen molar-refractivity contribution in [3.8, 4) is 0 Å². The highest BCUT2D eigenvalue weighted by Crippen LogP contribution is 2.70. The molecule has 0 spiro atoms. The van der Waals surface area contributed by atoms with Gasteiger partial charge < -0.3 is 9.84 Å². The molecule has 0 unspecified atom stereocenters. The number of ketones is 1. The molecule has 4 aliphatic carbocycles. The van der Waals surface area contributed by atoms with Gasteiger partial charge in [-0.2, -0.15) is 16.4 Å². The van der Waals surface area contributed by atoms with Gasteiger partial charge in [0.1, 0.15) is 0 Å². The van der Waals surface area contributed by atoms with Crippen LogP contribution in [-0.4, -0.2) is 47.3 Å². The van der Waals surface area contributed by atoms with Gasteiger partial charge in [0.05, 0.1) is 13.2 Å². The van der Waals surface area contributed by atoms with Crippen LogP contribution in [0.15, 0.2) is 40.6 Å². The van der Waals surface area contributed by atoms with Crippen LogP contribution in [0.4, 0.5) is 0 Å². The van der Waals surface area contributed by atoms with Gasteiger partial charge in [-0.05, 0) is 59.6 Å². The molecule has 6 rings (SSSR count). The van der Waals surface area contributed by atoms with Gasteiger partial charge in [0, 0.05) is 42.2 Å². The predicted molar refractivity (Wildman–Crippen MR) is 127 cm³/mol. The SMILES string of the molecule is COC(=O)[C@@]12ON(Cc3ccsc3)C[C@@H]1C[C@H]1[C@@H]3CC=C4CC(=O)C=C[C@]4(C)[C@H]3[C@@H](O)C[C@@]12C. The molecule has 1 saturated heterocycles. The van der Waals surface area contributed by atoms with Crippen LogP contribution in [0.25, 0.3) is 0 Å². The zero-order valence-corrected chi connectivity index (χ0v) is 20.8. The molecule has 8 atom stereocenters. The van der Waals surface area contributed by atoms with E-state index in [9.17, 15) is 14.7 Å². The summed E-state index contributed by atoms with van der Waals surface area (Å²) in [6, 6.07) is 2.08. The van der Waals surface area contributed by atoms with E-state index < -0.39 is 17.1 Å². The summed E-state index contributed by atoms with van der Waals surface area (Å²) in [5.41, 5.74) is 0.372. The summed E-state index contributed by atoms with van der Waals surface area (Å²) >= 11 is 1.65. The molecule has 1 aromatic rings. The average molecular weight is 484 g/mol. The molecule has 0 aromatic carbocycles. The highest BCUT2D eigenvalue weighted by Gasteiger charge is 2.76. The predicted octanol–water partition coefficient (Wildman–Crippen LogP) is 3.91. The first-order chi connectivity index (χ1) is 16.2. The molecule has 2 saturated carbocycles. The monoisotopic (exact) mass is 483 g/mol. The number of carbonyl (C=O) groups excluding carboxylic acids is 2. The lowest BCUT2D eigenvalue weighted by atomic mass is 9.47. The summed E-state index contributed by atoms with van der Waals surface area (Å²) in [5, 5.41) is 17.8. The minimum atomic E-state index is -1.09. The lowest BCUT2D eigenvalue weighted by molar-refractivity contribution is -0.263. The quantitative estimate of drug-likeness (QED) is 0.519. The molecule has 0 radical (unpaired) electrons. The molecule has 6 nitrogen and oxygen atoms in total. The molecule has 0 bridgehead atoms. The Morgan fingerprint density at radius 1 is 1.38 bits per heavy atom. The van der Waals surface area contributed by atoms with Crippen LogP contribution in [0.5, 0.6) is 0 Å². The van der Waals surface area contributed by atoms with Crippen LogP contribution >= 0.6 is 11.3 Å². The number of hydroxylamine groups is 2. The highest BCUT2D eigenvalue weighted by atomic mass is 32.1. The van der Waals surface area contributed by atoms with Crippen molar-refractivity contribution in [1.82, 2.24) is 5.06 Å². The fourth-order valence-electron chi connectivity index (χ4n) is 8.52. The Morgan fingerprint density at radius 3 is 2.94 bits per heavy atom. The topological polar surface area (TPSA) is 76.1 Å². The second-order valence-corrected chi connectivity index (χ2v) is 12.2. The molecule has 3 fully saturated rings. The van der Waals surface area contributed by atoms with Gasteiger partial charge in [-0.15, -0.1) is 0 Å². The van der Waals surface area contributed by atoms with Crippen LogP contribution in [0.1, 0.15) is 45.1 Å². The Bertz CT molecular complexity index is 1080. The third-order valence-corrected chi connectivity index (χ3v) is 10.7. The van der Waals surface area contributed by atoms with Crippen LogP contribution in [0.3, 0.4) is 0 Å². The largest absolute Gasteiger partial charge is 0.467 e. The molecule has 182 valence electrons. The van der Waals surface area contributed by atoms with E-state index in [1.54, 1.807) is 17.4 Å². The van der Waals surface area contributed by atoms with Gasteiger partial charge in [0.25, 0.3) is 0 Å². The molecular weight excluding hydrogens is 450 g/mol. The Hall–Kier alpha value is -1.80. The number of aliphatic hydroxyl groups is 1. The summed E-state index contributed by atoms with van der Waals surface area (Å²) < 4.78 is 5.39. The number of aliphatic hydroxyl groups excluding tert-OH is 1. The first kappa shape index (κ1) is 22.7. The number of allylic oxidation sites excluding steroid dienone is 4. The summed E-state index contributed by atoms with van der Waals surface area (Å²) in [5.74, 6) is 0.320. The number of rotatable bonds is 3. The van der Waals surface area contributed by atoms with E-state index in [0.717, 1.165) is 18.4 Å². The van der Waals surface area contributed by atoms with Crippen LogP contribution < -0.4 is 0 Å². The summed E-state index contributed by atoms with van der Waals surface area (Å²) in [7, 11) is 1.44. The molecule has 1 aliphatic heterocycles. The van der Waals surface area contributed by atoms with Gasteiger partial charge in [-0.3, -0.25) is 9.63 Å². The van der Waals surface area contributed by atoms with Crippen LogP contribution in [0.2, 0.25) is 0 Å². The van der Waals surface area contributed by atoms with Gasteiger partial charge >= 0.3 is 5.97 Å². The molecule has 5 aliphatic rings. The molecule has 0 amide bonds. The van der Waals surface area contributed by atoms with Gasteiger partial charge in [0.2, 0.25) is 0 Å². The van der Waals surface area contributed by atoms with Crippen molar-refractivity contribution in [2.75, 3.05) is 13.7 Å². The Balaban J connectivity index is 1.38. The van der Waals surface area contributed by atoms with Gasteiger partial charge in [-0.1, -0.05) is 31.6 Å². The van der Waals surface area contributed by atoms with Crippen molar-refractivity contribution >= 4 is 23.1 Å². The maximum absolute atomic E-state index is 13.5. The number of carbonyl (C=O) groups is 2. The Labute approximate surface area is 204 Å². The molecule has 7 heteroatoms. The summed E-state index contributed by atoms with van der Waals surface area (Å²) in [4.78, 5) is 32.2. The minimum absolute atomic E-state index is 0.0150.